The van der Waals surface area contributed by atoms with Gasteiger partial charge in [0.15, 0.2) is 0 Å². The lowest BCUT2D eigenvalue weighted by Crippen LogP contribution is -2.03. The molecular formula is C12H20O2S. The molecule has 1 aliphatic heterocycles. The highest BCUT2D eigenvalue weighted by molar-refractivity contribution is 7.85. The van der Waals surface area contributed by atoms with E-state index < -0.39 is 10.8 Å². The first-order valence-electron chi connectivity index (χ1n) is 5.99. The summed E-state index contributed by atoms with van der Waals surface area (Å²) in [6.45, 7) is 0.811. The van der Waals surface area contributed by atoms with E-state index in [9.17, 15) is 4.21 Å². The Morgan fingerprint density at radius 2 is 2.20 bits per heavy atom. The number of hydrogen-bond donors (Lipinski definition) is 0. The van der Waals surface area contributed by atoms with Crippen LogP contribution in [0.1, 0.15) is 38.5 Å². The summed E-state index contributed by atoms with van der Waals surface area (Å²) >= 11 is 0. The molecular weight excluding hydrogens is 208 g/mol. The van der Waals surface area contributed by atoms with Crippen LogP contribution in [0, 0.1) is 5.92 Å². The van der Waals surface area contributed by atoms with Crippen LogP contribution in [0.5, 0.6) is 0 Å². The van der Waals surface area contributed by atoms with E-state index in [2.05, 4.69) is 0 Å². The van der Waals surface area contributed by atoms with Gasteiger partial charge in [-0.3, -0.25) is 4.21 Å². The van der Waals surface area contributed by atoms with Crippen LogP contribution in [-0.2, 0) is 15.5 Å². The van der Waals surface area contributed by atoms with Gasteiger partial charge in [-0.25, -0.2) is 0 Å². The van der Waals surface area contributed by atoms with Crippen molar-refractivity contribution in [2.75, 3.05) is 18.1 Å². The van der Waals surface area contributed by atoms with Gasteiger partial charge in [-0.05, 0) is 50.0 Å². The predicted molar refractivity (Wildman–Crippen MR) is 63.1 cm³/mol. The van der Waals surface area contributed by atoms with E-state index in [0.717, 1.165) is 31.0 Å². The largest absolute Gasteiger partial charge is 0.501 e. The first-order chi connectivity index (χ1) is 7.34. The van der Waals surface area contributed by atoms with Crippen molar-refractivity contribution in [2.45, 2.75) is 38.5 Å². The van der Waals surface area contributed by atoms with Gasteiger partial charge in [0.1, 0.15) is 0 Å². The third-order valence-corrected chi connectivity index (χ3v) is 4.85. The topological polar surface area (TPSA) is 26.3 Å². The number of ether oxygens (including phenoxy) is 1. The minimum Gasteiger partial charge on any atom is -0.501 e. The molecule has 2 aliphatic rings. The molecule has 15 heavy (non-hydrogen) atoms. The summed E-state index contributed by atoms with van der Waals surface area (Å²) in [5.74, 6) is 2.46. The molecule has 0 amide bonds. The van der Waals surface area contributed by atoms with Gasteiger partial charge >= 0.3 is 0 Å². The van der Waals surface area contributed by atoms with Crippen molar-refractivity contribution >= 4 is 10.8 Å². The van der Waals surface area contributed by atoms with Gasteiger partial charge in [-0.2, -0.15) is 0 Å². The summed E-state index contributed by atoms with van der Waals surface area (Å²) in [6.07, 6.45) is 9.30. The molecule has 0 aromatic carbocycles. The maximum Gasteiger partial charge on any atom is 0.0876 e. The minimum absolute atomic E-state index is 0.531. The lowest BCUT2D eigenvalue weighted by atomic mass is 10.1. The molecule has 0 spiro atoms. The van der Waals surface area contributed by atoms with Gasteiger partial charge < -0.3 is 4.74 Å². The lowest BCUT2D eigenvalue weighted by molar-refractivity contribution is 0.223. The number of allylic oxidation sites excluding steroid dienone is 1. The van der Waals surface area contributed by atoms with Crippen molar-refractivity contribution < 1.29 is 8.95 Å². The van der Waals surface area contributed by atoms with Crippen molar-refractivity contribution in [2.24, 2.45) is 5.92 Å². The maximum atomic E-state index is 11.2. The zero-order valence-electron chi connectivity index (χ0n) is 9.24. The van der Waals surface area contributed by atoms with Gasteiger partial charge in [0.05, 0.1) is 12.9 Å². The van der Waals surface area contributed by atoms with Crippen LogP contribution in [0.4, 0.5) is 0 Å². The molecule has 2 atom stereocenters. The molecule has 0 aromatic rings. The first kappa shape index (κ1) is 11.2. The standard InChI is InChI=1S/C12H20O2S/c13-15-8-6-12(10-15)5-7-14-9-11-3-1-2-4-11/h9,12H,1-8,10H2. The van der Waals surface area contributed by atoms with Crippen LogP contribution >= 0.6 is 0 Å². The van der Waals surface area contributed by atoms with Gasteiger partial charge in [0.2, 0.25) is 0 Å². The highest BCUT2D eigenvalue weighted by Crippen LogP contribution is 2.24. The Labute approximate surface area is 94.5 Å². The normalized spacial score (nSPS) is 30.8. The molecule has 1 saturated heterocycles. The Morgan fingerprint density at radius 3 is 2.87 bits per heavy atom. The van der Waals surface area contributed by atoms with E-state index in [-0.39, 0.29) is 0 Å². The number of rotatable bonds is 4. The summed E-state index contributed by atoms with van der Waals surface area (Å²) < 4.78 is 16.7. The fourth-order valence-corrected chi connectivity index (χ4v) is 3.94. The zero-order valence-corrected chi connectivity index (χ0v) is 10.1. The van der Waals surface area contributed by atoms with Crippen LogP contribution in [0.3, 0.4) is 0 Å². The highest BCUT2D eigenvalue weighted by Gasteiger charge is 2.20. The second-order valence-corrected chi connectivity index (χ2v) is 6.23. The third-order valence-electron chi connectivity index (χ3n) is 3.32. The third kappa shape index (κ3) is 3.63. The quantitative estimate of drug-likeness (QED) is 0.546. The summed E-state index contributed by atoms with van der Waals surface area (Å²) in [6, 6.07) is 0. The molecule has 0 N–H and O–H groups in total. The lowest BCUT2D eigenvalue weighted by Gasteiger charge is -2.07. The molecule has 2 nitrogen and oxygen atoms in total. The van der Waals surface area contributed by atoms with Gasteiger partial charge in [0.25, 0.3) is 0 Å². The molecule has 3 heteroatoms. The molecule has 1 heterocycles. The Bertz CT molecular complexity index is 252. The number of hydrogen-bond acceptors (Lipinski definition) is 2. The molecule has 0 radical (unpaired) electrons. The van der Waals surface area contributed by atoms with E-state index in [1.807, 2.05) is 6.26 Å². The van der Waals surface area contributed by atoms with Crippen LogP contribution in [0.25, 0.3) is 0 Å². The van der Waals surface area contributed by atoms with Crippen LogP contribution in [0.15, 0.2) is 11.8 Å². The fourth-order valence-electron chi connectivity index (χ4n) is 2.31. The average molecular weight is 228 g/mol. The average Bonchev–Trinajstić information content (AvgIpc) is 2.84. The van der Waals surface area contributed by atoms with Gasteiger partial charge in [0, 0.05) is 22.3 Å². The predicted octanol–water partition coefficient (Wildman–Crippen LogP) is 2.62. The second kappa shape index (κ2) is 5.69. The molecule has 2 unspecified atom stereocenters. The monoisotopic (exact) mass is 228 g/mol. The summed E-state index contributed by atoms with van der Waals surface area (Å²) in [7, 11) is -0.531. The Kier molecular flexibility index (Phi) is 4.24. The van der Waals surface area contributed by atoms with Crippen molar-refractivity contribution in [3.63, 3.8) is 0 Å². The van der Waals surface area contributed by atoms with E-state index in [1.54, 1.807) is 0 Å². The molecule has 1 saturated carbocycles. The Balaban J connectivity index is 1.58. The van der Waals surface area contributed by atoms with E-state index in [0.29, 0.717) is 5.92 Å². The SMILES string of the molecule is O=S1CCC(CCOC=C2CCCC2)C1. The molecule has 0 bridgehead atoms. The summed E-state index contributed by atoms with van der Waals surface area (Å²) in [4.78, 5) is 0. The smallest absolute Gasteiger partial charge is 0.0876 e. The van der Waals surface area contributed by atoms with Crippen molar-refractivity contribution in [3.8, 4) is 0 Å². The van der Waals surface area contributed by atoms with Gasteiger partial charge in [-0.15, -0.1) is 0 Å². The summed E-state index contributed by atoms with van der Waals surface area (Å²) in [5, 5.41) is 0. The van der Waals surface area contributed by atoms with Crippen molar-refractivity contribution in [1.82, 2.24) is 0 Å². The second-order valence-electron chi connectivity index (χ2n) is 4.61. The van der Waals surface area contributed by atoms with E-state index in [1.165, 1.54) is 31.3 Å². The van der Waals surface area contributed by atoms with Crippen LogP contribution < -0.4 is 0 Å². The molecule has 2 rings (SSSR count). The maximum absolute atomic E-state index is 11.2. The van der Waals surface area contributed by atoms with Gasteiger partial charge in [-0.1, -0.05) is 0 Å². The first-order valence-corrected chi connectivity index (χ1v) is 7.48. The highest BCUT2D eigenvalue weighted by atomic mass is 32.2. The van der Waals surface area contributed by atoms with E-state index in [4.69, 9.17) is 4.74 Å². The Morgan fingerprint density at radius 1 is 1.40 bits per heavy atom. The summed E-state index contributed by atoms with van der Waals surface area (Å²) in [5.41, 5.74) is 1.48. The molecule has 1 aliphatic carbocycles. The molecule has 0 aromatic heterocycles. The van der Waals surface area contributed by atoms with E-state index >= 15 is 0 Å². The van der Waals surface area contributed by atoms with Crippen LogP contribution in [-0.4, -0.2) is 22.3 Å². The minimum atomic E-state index is -0.531. The van der Waals surface area contributed by atoms with Crippen LogP contribution in [0.2, 0.25) is 0 Å². The van der Waals surface area contributed by atoms with Crippen molar-refractivity contribution in [3.05, 3.63) is 11.8 Å². The fraction of sp³-hybridized carbons (Fsp3) is 0.833. The van der Waals surface area contributed by atoms with Crippen molar-refractivity contribution in [1.29, 1.82) is 0 Å². The molecule has 86 valence electrons. The molecule has 2 fully saturated rings. The Hall–Kier alpha value is -0.310. The zero-order chi connectivity index (χ0) is 10.5.